The smallest absolute Gasteiger partial charge is 0.0525 e. The van der Waals surface area contributed by atoms with E-state index in [1.54, 1.807) is 0 Å². The van der Waals surface area contributed by atoms with E-state index in [1.807, 2.05) is 17.9 Å². The molecule has 0 saturated heterocycles. The quantitative estimate of drug-likeness (QED) is 0.571. The number of rotatable bonds is 6. The van der Waals surface area contributed by atoms with Crippen LogP contribution in [0.15, 0.2) is 24.0 Å². The van der Waals surface area contributed by atoms with Gasteiger partial charge in [-0.1, -0.05) is 11.6 Å². The van der Waals surface area contributed by atoms with Gasteiger partial charge in [0.2, 0.25) is 0 Å². The molecule has 0 aromatic carbocycles. The molecule has 0 spiro atoms. The summed E-state index contributed by atoms with van der Waals surface area (Å²) in [6, 6.07) is 0. The Morgan fingerprint density at radius 3 is 3.00 bits per heavy atom. The van der Waals surface area contributed by atoms with Crippen LogP contribution in [0.2, 0.25) is 0 Å². The van der Waals surface area contributed by atoms with Crippen LogP contribution in [0.4, 0.5) is 0 Å². The number of hydrogen-bond acceptors (Lipinski definition) is 2. The second kappa shape index (κ2) is 6.40. The molecule has 0 fully saturated rings. The van der Waals surface area contributed by atoms with Crippen LogP contribution in [0, 0.1) is 0 Å². The maximum atomic E-state index is 4.26. The monoisotopic (exact) mass is 207 g/mol. The summed E-state index contributed by atoms with van der Waals surface area (Å²) in [7, 11) is 1.98. The largest absolute Gasteiger partial charge is 0.319 e. The summed E-state index contributed by atoms with van der Waals surface area (Å²) in [5.41, 5.74) is 2.72. The lowest BCUT2D eigenvalue weighted by Gasteiger charge is -1.99. The van der Waals surface area contributed by atoms with Gasteiger partial charge >= 0.3 is 0 Å². The standard InChI is InChI=1S/C12H21N3/c1-4-15-10-12(9-14-15)8-11(2)6-5-7-13-3/h6,9-10,13H,4-5,7-8H2,1-3H3. The third kappa shape index (κ3) is 4.30. The van der Waals surface area contributed by atoms with Gasteiger partial charge in [0.15, 0.2) is 0 Å². The Morgan fingerprint density at radius 1 is 1.60 bits per heavy atom. The van der Waals surface area contributed by atoms with Gasteiger partial charge in [0.25, 0.3) is 0 Å². The van der Waals surface area contributed by atoms with Gasteiger partial charge in [-0.3, -0.25) is 4.68 Å². The molecule has 15 heavy (non-hydrogen) atoms. The predicted octanol–water partition coefficient (Wildman–Crippen LogP) is 2.00. The van der Waals surface area contributed by atoms with Crippen molar-refractivity contribution in [1.29, 1.82) is 0 Å². The van der Waals surface area contributed by atoms with Crippen LogP contribution < -0.4 is 5.32 Å². The Bertz CT molecular complexity index is 312. The van der Waals surface area contributed by atoms with E-state index in [0.717, 1.165) is 25.9 Å². The van der Waals surface area contributed by atoms with Crippen molar-refractivity contribution in [3.05, 3.63) is 29.6 Å². The molecule has 0 aliphatic heterocycles. The topological polar surface area (TPSA) is 29.9 Å². The third-order valence-corrected chi connectivity index (χ3v) is 2.38. The molecule has 3 nitrogen and oxygen atoms in total. The Labute approximate surface area is 92.2 Å². The van der Waals surface area contributed by atoms with E-state index in [2.05, 4.69) is 36.5 Å². The fourth-order valence-corrected chi connectivity index (χ4v) is 1.53. The van der Waals surface area contributed by atoms with Crippen LogP contribution >= 0.6 is 0 Å². The number of hydrogen-bond donors (Lipinski definition) is 1. The summed E-state index contributed by atoms with van der Waals surface area (Å²) in [6.45, 7) is 6.28. The molecule has 84 valence electrons. The molecule has 0 aliphatic carbocycles. The Hall–Kier alpha value is -1.09. The first kappa shape index (κ1) is 12.0. The maximum Gasteiger partial charge on any atom is 0.0525 e. The van der Waals surface area contributed by atoms with Crippen molar-refractivity contribution in [1.82, 2.24) is 15.1 Å². The predicted molar refractivity (Wildman–Crippen MR) is 63.9 cm³/mol. The molecular weight excluding hydrogens is 186 g/mol. The van der Waals surface area contributed by atoms with E-state index < -0.39 is 0 Å². The molecular formula is C12H21N3. The normalized spacial score (nSPS) is 12.1. The summed E-state index contributed by atoms with van der Waals surface area (Å²) in [5.74, 6) is 0. The molecule has 1 N–H and O–H groups in total. The van der Waals surface area contributed by atoms with Crippen molar-refractivity contribution in [3.63, 3.8) is 0 Å². The summed E-state index contributed by atoms with van der Waals surface area (Å²) in [5, 5.41) is 7.40. The average molecular weight is 207 g/mol. The summed E-state index contributed by atoms with van der Waals surface area (Å²) in [6.07, 6.45) is 8.49. The number of nitrogens with one attached hydrogen (secondary N) is 1. The maximum absolute atomic E-state index is 4.26. The van der Waals surface area contributed by atoms with E-state index >= 15 is 0 Å². The molecule has 1 aromatic rings. The van der Waals surface area contributed by atoms with Gasteiger partial charge in [-0.15, -0.1) is 0 Å². The molecule has 0 saturated carbocycles. The number of aryl methyl sites for hydroxylation is 1. The molecule has 1 heterocycles. The molecule has 0 amide bonds. The zero-order chi connectivity index (χ0) is 11.1. The Balaban J connectivity index is 2.43. The van der Waals surface area contributed by atoms with Gasteiger partial charge < -0.3 is 5.32 Å². The van der Waals surface area contributed by atoms with Crippen molar-refractivity contribution in [3.8, 4) is 0 Å². The summed E-state index contributed by atoms with van der Waals surface area (Å²) >= 11 is 0. The lowest BCUT2D eigenvalue weighted by atomic mass is 10.1. The van der Waals surface area contributed by atoms with Gasteiger partial charge in [-0.25, -0.2) is 0 Å². The minimum Gasteiger partial charge on any atom is -0.319 e. The SMILES string of the molecule is CCn1cc(CC(C)=CCCNC)cn1. The van der Waals surface area contributed by atoms with E-state index in [4.69, 9.17) is 0 Å². The Kier molecular flexibility index (Phi) is 5.12. The third-order valence-electron chi connectivity index (χ3n) is 2.38. The highest BCUT2D eigenvalue weighted by molar-refractivity contribution is 5.15. The van der Waals surface area contributed by atoms with Gasteiger partial charge in [0.05, 0.1) is 6.20 Å². The minimum absolute atomic E-state index is 0.947. The van der Waals surface area contributed by atoms with Crippen LogP contribution in [0.5, 0.6) is 0 Å². The van der Waals surface area contributed by atoms with Crippen LogP contribution in [0.25, 0.3) is 0 Å². The highest BCUT2D eigenvalue weighted by Crippen LogP contribution is 2.07. The fourth-order valence-electron chi connectivity index (χ4n) is 1.53. The lowest BCUT2D eigenvalue weighted by Crippen LogP contribution is -2.06. The number of aromatic nitrogens is 2. The van der Waals surface area contributed by atoms with Crippen molar-refractivity contribution in [2.24, 2.45) is 0 Å². The van der Waals surface area contributed by atoms with Gasteiger partial charge in [-0.05, 0) is 45.8 Å². The molecule has 3 heteroatoms. The second-order valence-electron chi connectivity index (χ2n) is 3.82. The molecule has 0 unspecified atom stereocenters. The van der Waals surface area contributed by atoms with E-state index in [-0.39, 0.29) is 0 Å². The lowest BCUT2D eigenvalue weighted by molar-refractivity contribution is 0.659. The molecule has 0 radical (unpaired) electrons. The summed E-state index contributed by atoms with van der Waals surface area (Å²) < 4.78 is 1.97. The van der Waals surface area contributed by atoms with Crippen LogP contribution in [-0.4, -0.2) is 23.4 Å². The molecule has 0 bridgehead atoms. The fraction of sp³-hybridized carbons (Fsp3) is 0.583. The Morgan fingerprint density at radius 2 is 2.40 bits per heavy atom. The van der Waals surface area contributed by atoms with E-state index in [1.165, 1.54) is 11.1 Å². The first-order chi connectivity index (χ1) is 7.26. The number of nitrogens with zero attached hydrogens (tertiary/aromatic N) is 2. The van der Waals surface area contributed by atoms with Crippen molar-refractivity contribution in [2.45, 2.75) is 33.2 Å². The summed E-state index contributed by atoms with van der Waals surface area (Å²) in [4.78, 5) is 0. The van der Waals surface area contributed by atoms with Crippen molar-refractivity contribution < 1.29 is 0 Å². The molecule has 0 aliphatic rings. The van der Waals surface area contributed by atoms with Crippen LogP contribution in [0.3, 0.4) is 0 Å². The molecule has 1 aromatic heterocycles. The first-order valence-electron chi connectivity index (χ1n) is 5.57. The van der Waals surface area contributed by atoms with Crippen molar-refractivity contribution >= 4 is 0 Å². The minimum atomic E-state index is 0.947. The first-order valence-corrected chi connectivity index (χ1v) is 5.57. The highest BCUT2D eigenvalue weighted by Gasteiger charge is 1.98. The van der Waals surface area contributed by atoms with Crippen LogP contribution in [0.1, 0.15) is 25.8 Å². The van der Waals surface area contributed by atoms with E-state index in [9.17, 15) is 0 Å². The van der Waals surface area contributed by atoms with E-state index in [0.29, 0.717) is 0 Å². The highest BCUT2D eigenvalue weighted by atomic mass is 15.3. The zero-order valence-corrected chi connectivity index (χ0v) is 9.95. The van der Waals surface area contributed by atoms with Crippen molar-refractivity contribution in [2.75, 3.05) is 13.6 Å². The average Bonchev–Trinajstić information content (AvgIpc) is 2.66. The van der Waals surface area contributed by atoms with Gasteiger partial charge in [-0.2, -0.15) is 5.10 Å². The van der Waals surface area contributed by atoms with Crippen LogP contribution in [-0.2, 0) is 13.0 Å². The molecule has 0 atom stereocenters. The molecule has 1 rings (SSSR count). The van der Waals surface area contributed by atoms with Gasteiger partial charge in [0, 0.05) is 12.7 Å². The second-order valence-corrected chi connectivity index (χ2v) is 3.82. The number of allylic oxidation sites excluding steroid dienone is 1. The zero-order valence-electron chi connectivity index (χ0n) is 9.95. The van der Waals surface area contributed by atoms with Gasteiger partial charge in [0.1, 0.15) is 0 Å².